The molecule has 0 atom stereocenters. The highest BCUT2D eigenvalue weighted by molar-refractivity contribution is 6.32. The van der Waals surface area contributed by atoms with Crippen LogP contribution in [-0.2, 0) is 15.1 Å². The topological polar surface area (TPSA) is 47.9 Å². The van der Waals surface area contributed by atoms with Gasteiger partial charge < -0.3 is 19.3 Å². The van der Waals surface area contributed by atoms with Crippen LogP contribution in [0, 0.1) is 0 Å². The molecule has 1 aliphatic heterocycles. The molecular weight excluding hydrogens is 280 g/mol. The van der Waals surface area contributed by atoms with Crippen LogP contribution in [0.1, 0.15) is 31.2 Å². The summed E-state index contributed by atoms with van der Waals surface area (Å²) in [4.78, 5) is 0. The van der Waals surface area contributed by atoms with E-state index in [1.165, 1.54) is 0 Å². The number of hydrogen-bond acceptors (Lipinski definition) is 4. The Kier molecular flexibility index (Phi) is 3.67. The zero-order chi connectivity index (χ0) is 14.2. The monoisotopic (exact) mass is 298 g/mol. The highest BCUT2D eigenvalue weighted by atomic mass is 35.5. The van der Waals surface area contributed by atoms with Crippen LogP contribution in [0.4, 0.5) is 0 Å². The number of halogens is 1. The molecule has 1 spiro atoms. The predicted octanol–water partition coefficient (Wildman–Crippen LogP) is 2.85. The highest BCUT2D eigenvalue weighted by Crippen LogP contribution is 2.45. The average Bonchev–Trinajstić information content (AvgIpc) is 2.92. The van der Waals surface area contributed by atoms with Gasteiger partial charge in [0.2, 0.25) is 0 Å². The van der Waals surface area contributed by atoms with E-state index >= 15 is 0 Å². The van der Waals surface area contributed by atoms with Crippen molar-refractivity contribution in [3.05, 3.63) is 28.8 Å². The van der Waals surface area contributed by atoms with Crippen molar-refractivity contribution in [2.24, 2.45) is 0 Å². The molecule has 1 saturated carbocycles. The maximum Gasteiger partial charge on any atom is 0.168 e. The standard InChI is InChI=1S/C15H19ClO4/c1-18-13-10-11(2-3-12(13)16)14(17)4-6-15(7-5-14)19-8-9-20-15/h2-3,10,17H,4-9H2,1H3. The smallest absolute Gasteiger partial charge is 0.168 e. The van der Waals surface area contributed by atoms with E-state index in [1.807, 2.05) is 12.1 Å². The van der Waals surface area contributed by atoms with Gasteiger partial charge in [0.05, 0.1) is 30.9 Å². The Hall–Kier alpha value is -0.810. The van der Waals surface area contributed by atoms with Gasteiger partial charge in [0.15, 0.2) is 5.79 Å². The minimum Gasteiger partial charge on any atom is -0.495 e. The van der Waals surface area contributed by atoms with Crippen LogP contribution >= 0.6 is 11.6 Å². The van der Waals surface area contributed by atoms with Crippen molar-refractivity contribution in [2.45, 2.75) is 37.1 Å². The number of methoxy groups -OCH3 is 1. The van der Waals surface area contributed by atoms with Crippen molar-refractivity contribution in [3.8, 4) is 5.75 Å². The van der Waals surface area contributed by atoms with Gasteiger partial charge >= 0.3 is 0 Å². The van der Waals surface area contributed by atoms with E-state index in [2.05, 4.69) is 0 Å². The van der Waals surface area contributed by atoms with Gasteiger partial charge in [-0.2, -0.15) is 0 Å². The summed E-state index contributed by atoms with van der Waals surface area (Å²) in [5, 5.41) is 11.4. The molecule has 110 valence electrons. The van der Waals surface area contributed by atoms with E-state index in [1.54, 1.807) is 13.2 Å². The van der Waals surface area contributed by atoms with Gasteiger partial charge in [-0.15, -0.1) is 0 Å². The zero-order valence-electron chi connectivity index (χ0n) is 11.5. The molecule has 1 aliphatic carbocycles. The van der Waals surface area contributed by atoms with E-state index in [0.29, 0.717) is 49.7 Å². The van der Waals surface area contributed by atoms with Gasteiger partial charge in [0.1, 0.15) is 5.75 Å². The highest BCUT2D eigenvalue weighted by Gasteiger charge is 2.46. The Morgan fingerprint density at radius 3 is 2.40 bits per heavy atom. The average molecular weight is 299 g/mol. The number of hydrogen-bond donors (Lipinski definition) is 1. The Balaban J connectivity index is 1.80. The molecular formula is C15H19ClO4. The summed E-state index contributed by atoms with van der Waals surface area (Å²) in [6.45, 7) is 1.29. The van der Waals surface area contributed by atoms with Crippen molar-refractivity contribution >= 4 is 11.6 Å². The summed E-state index contributed by atoms with van der Waals surface area (Å²) in [6.07, 6.45) is 2.62. The first kappa shape index (κ1) is 14.1. The van der Waals surface area contributed by atoms with Gasteiger partial charge in [0.25, 0.3) is 0 Å². The summed E-state index contributed by atoms with van der Waals surface area (Å²) in [7, 11) is 1.57. The first-order valence-corrected chi connectivity index (χ1v) is 7.29. The first-order chi connectivity index (χ1) is 9.57. The van der Waals surface area contributed by atoms with Gasteiger partial charge in [-0.1, -0.05) is 17.7 Å². The second-order valence-electron chi connectivity index (χ2n) is 5.49. The summed E-state index contributed by atoms with van der Waals surface area (Å²) in [5.41, 5.74) is -0.0232. The first-order valence-electron chi connectivity index (χ1n) is 6.91. The van der Waals surface area contributed by atoms with Crippen LogP contribution in [0.25, 0.3) is 0 Å². The van der Waals surface area contributed by atoms with Crippen molar-refractivity contribution in [1.29, 1.82) is 0 Å². The number of benzene rings is 1. The molecule has 3 rings (SSSR count). The Labute approximate surface area is 123 Å². The number of aliphatic hydroxyl groups is 1. The van der Waals surface area contributed by atoms with E-state index in [4.69, 9.17) is 25.8 Å². The molecule has 0 radical (unpaired) electrons. The van der Waals surface area contributed by atoms with Gasteiger partial charge in [-0.25, -0.2) is 0 Å². The summed E-state index contributed by atoms with van der Waals surface area (Å²) < 4.78 is 16.6. The fourth-order valence-electron chi connectivity index (χ4n) is 3.07. The van der Waals surface area contributed by atoms with Crippen LogP contribution in [0.2, 0.25) is 5.02 Å². The molecule has 5 heteroatoms. The quantitative estimate of drug-likeness (QED) is 0.912. The summed E-state index contributed by atoms with van der Waals surface area (Å²) in [5.74, 6) is 0.120. The third kappa shape index (κ3) is 2.42. The molecule has 2 aliphatic rings. The molecule has 0 bridgehead atoms. The third-order valence-corrected chi connectivity index (χ3v) is 4.65. The SMILES string of the molecule is COc1cc(C2(O)CCC3(CC2)OCCO3)ccc1Cl. The van der Waals surface area contributed by atoms with E-state index < -0.39 is 11.4 Å². The molecule has 1 N–H and O–H groups in total. The van der Waals surface area contributed by atoms with E-state index in [-0.39, 0.29) is 0 Å². The lowest BCUT2D eigenvalue weighted by atomic mass is 9.77. The zero-order valence-corrected chi connectivity index (χ0v) is 12.3. The fourth-order valence-corrected chi connectivity index (χ4v) is 3.26. The van der Waals surface area contributed by atoms with Crippen LogP contribution < -0.4 is 4.74 Å². The molecule has 0 amide bonds. The van der Waals surface area contributed by atoms with Crippen LogP contribution in [0.15, 0.2) is 18.2 Å². The Morgan fingerprint density at radius 1 is 1.15 bits per heavy atom. The van der Waals surface area contributed by atoms with Crippen molar-refractivity contribution in [1.82, 2.24) is 0 Å². The van der Waals surface area contributed by atoms with Crippen molar-refractivity contribution in [2.75, 3.05) is 20.3 Å². The predicted molar refractivity (Wildman–Crippen MR) is 75.0 cm³/mol. The normalized spacial score (nSPS) is 23.9. The largest absolute Gasteiger partial charge is 0.495 e. The lowest BCUT2D eigenvalue weighted by Crippen LogP contribution is -2.42. The minimum atomic E-state index is -0.863. The molecule has 1 saturated heterocycles. The molecule has 1 aromatic rings. The maximum absolute atomic E-state index is 10.9. The molecule has 1 heterocycles. The molecule has 0 unspecified atom stereocenters. The molecule has 20 heavy (non-hydrogen) atoms. The molecule has 2 fully saturated rings. The lowest BCUT2D eigenvalue weighted by molar-refractivity contribution is -0.204. The van der Waals surface area contributed by atoms with Crippen LogP contribution in [-0.4, -0.2) is 31.2 Å². The van der Waals surface area contributed by atoms with Gasteiger partial charge in [0, 0.05) is 12.8 Å². The van der Waals surface area contributed by atoms with Gasteiger partial charge in [-0.05, 0) is 30.5 Å². The third-order valence-electron chi connectivity index (χ3n) is 4.34. The lowest BCUT2D eigenvalue weighted by Gasteiger charge is -2.40. The Morgan fingerprint density at radius 2 is 1.80 bits per heavy atom. The second-order valence-corrected chi connectivity index (χ2v) is 5.90. The maximum atomic E-state index is 10.9. The summed E-state index contributed by atoms with van der Waals surface area (Å²) in [6, 6.07) is 5.44. The summed E-state index contributed by atoms with van der Waals surface area (Å²) >= 11 is 6.03. The number of ether oxygens (including phenoxy) is 3. The van der Waals surface area contributed by atoms with Crippen LogP contribution in [0.5, 0.6) is 5.75 Å². The molecule has 4 nitrogen and oxygen atoms in total. The molecule has 1 aromatic carbocycles. The fraction of sp³-hybridized carbons (Fsp3) is 0.600. The number of rotatable bonds is 2. The van der Waals surface area contributed by atoms with E-state index in [0.717, 1.165) is 5.56 Å². The van der Waals surface area contributed by atoms with Crippen LogP contribution in [0.3, 0.4) is 0 Å². The molecule has 0 aromatic heterocycles. The van der Waals surface area contributed by atoms with Crippen molar-refractivity contribution in [3.63, 3.8) is 0 Å². The minimum absolute atomic E-state index is 0.470. The van der Waals surface area contributed by atoms with Gasteiger partial charge in [-0.3, -0.25) is 0 Å². The van der Waals surface area contributed by atoms with E-state index in [9.17, 15) is 5.11 Å². The second kappa shape index (κ2) is 5.19. The van der Waals surface area contributed by atoms with Crippen molar-refractivity contribution < 1.29 is 19.3 Å². The Bertz CT molecular complexity index is 487.